The van der Waals surface area contributed by atoms with Crippen LogP contribution in [0.15, 0.2) is 29.2 Å². The van der Waals surface area contributed by atoms with E-state index in [1.54, 1.807) is 12.1 Å². The van der Waals surface area contributed by atoms with Gasteiger partial charge in [-0.15, -0.1) is 0 Å². The monoisotopic (exact) mass is 324 g/mol. The largest absolute Gasteiger partial charge is 0.379 e. The second-order valence-corrected chi connectivity index (χ2v) is 7.07. The third-order valence-electron chi connectivity index (χ3n) is 3.74. The average molecular weight is 324 g/mol. The topological polar surface area (TPSA) is 84.0 Å². The van der Waals surface area contributed by atoms with Gasteiger partial charge in [-0.25, -0.2) is 8.42 Å². The Balaban J connectivity index is 1.94. The molecule has 0 N–H and O–H groups in total. The van der Waals surface area contributed by atoms with Crippen molar-refractivity contribution in [2.75, 3.05) is 31.2 Å². The Bertz CT molecular complexity index is 694. The van der Waals surface area contributed by atoms with Crippen LogP contribution in [-0.4, -0.2) is 50.8 Å². The maximum atomic E-state index is 12.6. The SMILES string of the molecule is O=C1CCC(=O)N1c1cccc(S(=O)(=O)N2CCOCC2)c1. The number of benzene rings is 1. The first-order valence-electron chi connectivity index (χ1n) is 7.04. The van der Waals surface area contributed by atoms with Crippen molar-refractivity contribution in [3.8, 4) is 0 Å². The van der Waals surface area contributed by atoms with Crippen LogP contribution in [0.25, 0.3) is 0 Å². The highest BCUT2D eigenvalue weighted by Gasteiger charge is 2.32. The van der Waals surface area contributed by atoms with Crippen molar-refractivity contribution in [3.63, 3.8) is 0 Å². The first kappa shape index (κ1) is 15.1. The number of morpholine rings is 1. The van der Waals surface area contributed by atoms with Gasteiger partial charge in [0.15, 0.2) is 0 Å². The molecular weight excluding hydrogens is 308 g/mol. The lowest BCUT2D eigenvalue weighted by Gasteiger charge is -2.26. The van der Waals surface area contributed by atoms with Crippen molar-refractivity contribution in [2.45, 2.75) is 17.7 Å². The minimum atomic E-state index is -3.64. The molecule has 2 aliphatic rings. The molecule has 2 fully saturated rings. The zero-order valence-electron chi connectivity index (χ0n) is 11.9. The van der Waals surface area contributed by atoms with Crippen LogP contribution >= 0.6 is 0 Å². The summed E-state index contributed by atoms with van der Waals surface area (Å²) in [6.07, 6.45) is 0.332. The van der Waals surface area contributed by atoms with E-state index in [1.807, 2.05) is 0 Å². The lowest BCUT2D eigenvalue weighted by atomic mass is 10.3. The fourth-order valence-electron chi connectivity index (χ4n) is 2.58. The standard InChI is InChI=1S/C14H16N2O5S/c17-13-4-5-14(18)16(13)11-2-1-3-12(10-11)22(19,20)15-6-8-21-9-7-15/h1-3,10H,4-9H2. The molecule has 0 bridgehead atoms. The molecule has 22 heavy (non-hydrogen) atoms. The molecule has 2 heterocycles. The van der Waals surface area contributed by atoms with E-state index >= 15 is 0 Å². The van der Waals surface area contributed by atoms with E-state index in [1.165, 1.54) is 16.4 Å². The Hall–Kier alpha value is -1.77. The molecule has 2 saturated heterocycles. The number of rotatable bonds is 3. The lowest BCUT2D eigenvalue weighted by Crippen LogP contribution is -2.40. The molecule has 0 spiro atoms. The lowest BCUT2D eigenvalue weighted by molar-refractivity contribution is -0.121. The molecule has 0 aromatic heterocycles. The predicted molar refractivity (Wildman–Crippen MR) is 77.7 cm³/mol. The van der Waals surface area contributed by atoms with E-state index < -0.39 is 10.0 Å². The van der Waals surface area contributed by atoms with Gasteiger partial charge in [-0.2, -0.15) is 4.31 Å². The smallest absolute Gasteiger partial charge is 0.243 e. The minimum absolute atomic E-state index is 0.0828. The second-order valence-electron chi connectivity index (χ2n) is 5.14. The summed E-state index contributed by atoms with van der Waals surface area (Å²) in [5.41, 5.74) is 0.307. The highest BCUT2D eigenvalue weighted by molar-refractivity contribution is 7.89. The molecule has 3 rings (SSSR count). The number of carbonyl (C=O) groups excluding carboxylic acids is 2. The number of ether oxygens (including phenoxy) is 1. The summed E-state index contributed by atoms with van der Waals surface area (Å²) < 4.78 is 31.7. The summed E-state index contributed by atoms with van der Waals surface area (Å²) in [6, 6.07) is 5.96. The molecule has 1 aromatic rings. The number of anilines is 1. The van der Waals surface area contributed by atoms with Gasteiger partial charge in [0.2, 0.25) is 21.8 Å². The van der Waals surface area contributed by atoms with Gasteiger partial charge in [-0.05, 0) is 18.2 Å². The minimum Gasteiger partial charge on any atom is -0.379 e. The molecule has 118 valence electrons. The van der Waals surface area contributed by atoms with Crippen molar-refractivity contribution in [3.05, 3.63) is 24.3 Å². The number of nitrogens with zero attached hydrogens (tertiary/aromatic N) is 2. The van der Waals surface area contributed by atoms with Crippen LogP contribution in [0.2, 0.25) is 0 Å². The van der Waals surface area contributed by atoms with E-state index in [0.717, 1.165) is 4.90 Å². The van der Waals surface area contributed by atoms with Crippen molar-refractivity contribution in [1.29, 1.82) is 0 Å². The molecule has 0 unspecified atom stereocenters. The van der Waals surface area contributed by atoms with Crippen molar-refractivity contribution < 1.29 is 22.7 Å². The van der Waals surface area contributed by atoms with E-state index in [4.69, 9.17) is 4.74 Å². The fraction of sp³-hybridized carbons (Fsp3) is 0.429. The molecule has 1 aromatic carbocycles. The Morgan fingerprint density at radius 3 is 2.27 bits per heavy atom. The van der Waals surface area contributed by atoms with Gasteiger partial charge < -0.3 is 4.74 Å². The molecule has 0 atom stereocenters. The highest BCUT2D eigenvalue weighted by atomic mass is 32.2. The maximum Gasteiger partial charge on any atom is 0.243 e. The number of hydrogen-bond acceptors (Lipinski definition) is 5. The van der Waals surface area contributed by atoms with Crippen LogP contribution in [0.3, 0.4) is 0 Å². The van der Waals surface area contributed by atoms with E-state index in [9.17, 15) is 18.0 Å². The van der Waals surface area contributed by atoms with Gasteiger partial charge in [-0.1, -0.05) is 6.07 Å². The second kappa shape index (κ2) is 5.79. The van der Waals surface area contributed by atoms with Crippen LogP contribution < -0.4 is 4.90 Å². The Kier molecular flexibility index (Phi) is 3.98. The van der Waals surface area contributed by atoms with Gasteiger partial charge in [0, 0.05) is 25.9 Å². The van der Waals surface area contributed by atoms with Gasteiger partial charge in [0.05, 0.1) is 23.8 Å². The van der Waals surface area contributed by atoms with E-state index in [0.29, 0.717) is 32.0 Å². The van der Waals surface area contributed by atoms with Crippen LogP contribution in [0, 0.1) is 0 Å². The van der Waals surface area contributed by atoms with Crippen LogP contribution in [0.4, 0.5) is 5.69 Å². The van der Waals surface area contributed by atoms with Crippen LogP contribution in [-0.2, 0) is 24.3 Å². The first-order valence-corrected chi connectivity index (χ1v) is 8.48. The number of hydrogen-bond donors (Lipinski definition) is 0. The number of imide groups is 1. The molecular formula is C14H16N2O5S. The van der Waals surface area contributed by atoms with Crippen LogP contribution in [0.5, 0.6) is 0 Å². The van der Waals surface area contributed by atoms with Gasteiger partial charge >= 0.3 is 0 Å². The van der Waals surface area contributed by atoms with Crippen LogP contribution in [0.1, 0.15) is 12.8 Å². The molecule has 7 nitrogen and oxygen atoms in total. The third kappa shape index (κ3) is 2.65. The molecule has 0 aliphatic carbocycles. The van der Waals surface area contributed by atoms with E-state index in [-0.39, 0.29) is 29.6 Å². The Morgan fingerprint density at radius 1 is 1.00 bits per heavy atom. The summed E-state index contributed by atoms with van der Waals surface area (Å²) in [6.45, 7) is 1.33. The highest BCUT2D eigenvalue weighted by Crippen LogP contribution is 2.26. The molecule has 2 aliphatic heterocycles. The maximum absolute atomic E-state index is 12.6. The molecule has 0 saturated carbocycles. The van der Waals surface area contributed by atoms with Gasteiger partial charge in [-0.3, -0.25) is 14.5 Å². The number of sulfonamides is 1. The summed E-state index contributed by atoms with van der Waals surface area (Å²) in [4.78, 5) is 24.7. The Morgan fingerprint density at radius 2 is 1.64 bits per heavy atom. The molecule has 8 heteroatoms. The predicted octanol–water partition coefficient (Wildman–Crippen LogP) is 0.361. The van der Waals surface area contributed by atoms with Gasteiger partial charge in [0.1, 0.15) is 0 Å². The van der Waals surface area contributed by atoms with Crippen molar-refractivity contribution in [1.82, 2.24) is 4.31 Å². The average Bonchev–Trinajstić information content (AvgIpc) is 2.87. The third-order valence-corrected chi connectivity index (χ3v) is 5.63. The zero-order valence-corrected chi connectivity index (χ0v) is 12.7. The van der Waals surface area contributed by atoms with E-state index in [2.05, 4.69) is 0 Å². The molecule has 0 radical (unpaired) electrons. The summed E-state index contributed by atoms with van der Waals surface area (Å²) in [5, 5.41) is 0. The van der Waals surface area contributed by atoms with Crippen molar-refractivity contribution >= 4 is 27.5 Å². The summed E-state index contributed by atoms with van der Waals surface area (Å²) >= 11 is 0. The number of amides is 2. The first-order chi connectivity index (χ1) is 10.5. The fourth-order valence-corrected chi connectivity index (χ4v) is 4.03. The summed E-state index contributed by atoms with van der Waals surface area (Å²) in [7, 11) is -3.64. The normalized spacial score (nSPS) is 20.6. The Labute approximate surface area is 128 Å². The molecule has 2 amide bonds. The summed E-state index contributed by atoms with van der Waals surface area (Å²) in [5.74, 6) is -0.600. The number of carbonyl (C=O) groups is 2. The zero-order chi connectivity index (χ0) is 15.7. The quantitative estimate of drug-likeness (QED) is 0.750. The van der Waals surface area contributed by atoms with Crippen molar-refractivity contribution in [2.24, 2.45) is 0 Å². The van der Waals surface area contributed by atoms with Gasteiger partial charge in [0.25, 0.3) is 0 Å².